The highest BCUT2D eigenvalue weighted by Gasteiger charge is 2.36. The molecule has 148 valence electrons. The van der Waals surface area contributed by atoms with Crippen LogP contribution in [0.2, 0.25) is 0 Å². The third-order valence-corrected chi connectivity index (χ3v) is 4.19. The molecule has 0 aliphatic carbocycles. The first-order valence-corrected chi connectivity index (χ1v) is 8.34. The van der Waals surface area contributed by atoms with E-state index >= 15 is 0 Å². The van der Waals surface area contributed by atoms with Crippen molar-refractivity contribution in [3.05, 3.63) is 77.4 Å². The monoisotopic (exact) mass is 392 g/mol. The van der Waals surface area contributed by atoms with Crippen molar-refractivity contribution in [2.75, 3.05) is 14.2 Å². The number of carbonyl (C=O) groups is 2. The average Bonchev–Trinajstić information content (AvgIpc) is 2.70. The van der Waals surface area contributed by atoms with Gasteiger partial charge in [-0.25, -0.2) is 0 Å². The molecule has 1 unspecified atom stereocenters. The van der Waals surface area contributed by atoms with Crippen molar-refractivity contribution < 1.29 is 32.2 Å². The first-order valence-electron chi connectivity index (χ1n) is 8.34. The molecule has 0 saturated heterocycles. The molecule has 0 aromatic heterocycles. The molecular weight excluding hydrogens is 373 g/mol. The molecule has 0 amide bonds. The van der Waals surface area contributed by atoms with Gasteiger partial charge in [0.2, 0.25) is 0 Å². The van der Waals surface area contributed by atoms with Crippen LogP contribution in [0, 0.1) is 5.92 Å². The number of rotatable bonds is 6. The van der Waals surface area contributed by atoms with Crippen LogP contribution in [0.5, 0.6) is 0 Å². The zero-order valence-electron chi connectivity index (χ0n) is 15.3. The number of carbonyl (C=O) groups excluding carboxylic acids is 2. The summed E-state index contributed by atoms with van der Waals surface area (Å²) in [4.78, 5) is 24.4. The van der Waals surface area contributed by atoms with Gasteiger partial charge in [-0.15, -0.1) is 0 Å². The predicted octanol–water partition coefficient (Wildman–Crippen LogP) is 4.46. The second-order valence-electron chi connectivity index (χ2n) is 5.94. The molecule has 4 nitrogen and oxygen atoms in total. The summed E-state index contributed by atoms with van der Waals surface area (Å²) in [5.74, 6) is -3.50. The number of halogens is 3. The highest BCUT2D eigenvalue weighted by molar-refractivity contribution is 5.96. The summed E-state index contributed by atoms with van der Waals surface area (Å²) >= 11 is 0. The Hall–Kier alpha value is -3.09. The molecule has 0 N–H and O–H groups in total. The molecule has 0 heterocycles. The van der Waals surface area contributed by atoms with E-state index < -0.39 is 35.5 Å². The third kappa shape index (κ3) is 5.22. The Morgan fingerprint density at radius 3 is 1.89 bits per heavy atom. The number of benzene rings is 2. The second kappa shape index (κ2) is 9.21. The molecule has 1 atom stereocenters. The molecule has 0 bridgehead atoms. The van der Waals surface area contributed by atoms with Crippen LogP contribution in [-0.4, -0.2) is 26.2 Å². The molecule has 7 heteroatoms. The van der Waals surface area contributed by atoms with E-state index in [1.165, 1.54) is 26.4 Å². The minimum absolute atomic E-state index is 0.488. The molecule has 0 spiro atoms. The van der Waals surface area contributed by atoms with Gasteiger partial charge < -0.3 is 9.47 Å². The van der Waals surface area contributed by atoms with Crippen LogP contribution in [0.15, 0.2) is 60.7 Å². The van der Waals surface area contributed by atoms with Gasteiger partial charge in [0.25, 0.3) is 0 Å². The normalized spacial score (nSPS) is 12.8. The van der Waals surface area contributed by atoms with Crippen molar-refractivity contribution in [3.8, 4) is 0 Å². The van der Waals surface area contributed by atoms with Crippen molar-refractivity contribution in [2.24, 2.45) is 5.92 Å². The topological polar surface area (TPSA) is 52.6 Å². The summed E-state index contributed by atoms with van der Waals surface area (Å²) in [6, 6.07) is 13.3. The maximum Gasteiger partial charge on any atom is 0.416 e. The molecule has 28 heavy (non-hydrogen) atoms. The lowest BCUT2D eigenvalue weighted by molar-refractivity contribution is -0.159. The summed E-state index contributed by atoms with van der Waals surface area (Å²) in [6.45, 7) is 0. The Morgan fingerprint density at radius 1 is 0.893 bits per heavy atom. The van der Waals surface area contributed by atoms with Crippen LogP contribution in [0.1, 0.15) is 22.6 Å². The van der Waals surface area contributed by atoms with E-state index in [2.05, 4.69) is 0 Å². The predicted molar refractivity (Wildman–Crippen MR) is 97.2 cm³/mol. The Morgan fingerprint density at radius 2 is 1.43 bits per heavy atom. The number of methoxy groups -OCH3 is 2. The number of hydrogen-bond acceptors (Lipinski definition) is 4. The molecule has 0 saturated carbocycles. The maximum absolute atomic E-state index is 12.7. The summed E-state index contributed by atoms with van der Waals surface area (Å²) in [6.07, 6.45) is -1.29. The molecule has 2 aromatic rings. The van der Waals surface area contributed by atoms with Crippen LogP contribution >= 0.6 is 0 Å². The molecule has 0 aliphatic heterocycles. The first kappa shape index (κ1) is 21.2. The van der Waals surface area contributed by atoms with E-state index in [4.69, 9.17) is 9.47 Å². The van der Waals surface area contributed by atoms with Gasteiger partial charge in [-0.05, 0) is 23.3 Å². The van der Waals surface area contributed by atoms with Crippen molar-refractivity contribution >= 4 is 18.0 Å². The van der Waals surface area contributed by atoms with E-state index in [-0.39, 0.29) is 0 Å². The van der Waals surface area contributed by atoms with Crippen molar-refractivity contribution in [3.63, 3.8) is 0 Å². The fraction of sp³-hybridized carbons (Fsp3) is 0.238. The van der Waals surface area contributed by atoms with Crippen LogP contribution in [0.4, 0.5) is 13.2 Å². The van der Waals surface area contributed by atoms with Gasteiger partial charge in [0.05, 0.1) is 19.8 Å². The van der Waals surface area contributed by atoms with Crippen LogP contribution in [0.3, 0.4) is 0 Å². The quantitative estimate of drug-likeness (QED) is 0.538. The minimum Gasteiger partial charge on any atom is -0.468 e. The molecule has 0 fully saturated rings. The van der Waals surface area contributed by atoms with E-state index in [1.54, 1.807) is 42.5 Å². The lowest BCUT2D eigenvalue weighted by atomic mass is 9.85. The van der Waals surface area contributed by atoms with Crippen molar-refractivity contribution in [2.45, 2.75) is 12.1 Å². The van der Waals surface area contributed by atoms with Gasteiger partial charge in [-0.1, -0.05) is 54.6 Å². The Kier molecular flexibility index (Phi) is 6.98. The van der Waals surface area contributed by atoms with Gasteiger partial charge >= 0.3 is 18.1 Å². The minimum atomic E-state index is -4.42. The summed E-state index contributed by atoms with van der Waals surface area (Å²) in [5, 5.41) is 0. The van der Waals surface area contributed by atoms with Gasteiger partial charge in [0.15, 0.2) is 5.92 Å². The Labute approximate surface area is 160 Å². The largest absolute Gasteiger partial charge is 0.468 e. The molecular formula is C21H19F3O4. The maximum atomic E-state index is 12.7. The standard InChI is InChI=1S/C21H19F3O4/c1-27-19(25)18(20(26)28-2)17(15-6-4-3-5-7-15)13-10-14-8-11-16(12-9-14)21(22,23)24/h3-13,17-18H,1-2H3/b13-10+. The van der Waals surface area contributed by atoms with E-state index in [0.29, 0.717) is 11.1 Å². The number of ether oxygens (including phenoxy) is 2. The van der Waals surface area contributed by atoms with E-state index in [1.807, 2.05) is 0 Å². The van der Waals surface area contributed by atoms with E-state index in [0.717, 1.165) is 12.1 Å². The van der Waals surface area contributed by atoms with Crippen LogP contribution < -0.4 is 0 Å². The SMILES string of the molecule is COC(=O)C(C(=O)OC)C(/C=C/c1ccc(C(F)(F)F)cc1)c1ccccc1. The molecule has 2 aromatic carbocycles. The number of esters is 2. The first-order chi connectivity index (χ1) is 13.3. The lowest BCUT2D eigenvalue weighted by Gasteiger charge is -2.21. The number of hydrogen-bond donors (Lipinski definition) is 0. The van der Waals surface area contributed by atoms with Crippen molar-refractivity contribution in [1.82, 2.24) is 0 Å². The third-order valence-electron chi connectivity index (χ3n) is 4.19. The van der Waals surface area contributed by atoms with Crippen LogP contribution in [-0.2, 0) is 25.2 Å². The average molecular weight is 392 g/mol. The molecule has 0 aliphatic rings. The smallest absolute Gasteiger partial charge is 0.416 e. The fourth-order valence-electron chi connectivity index (χ4n) is 2.73. The van der Waals surface area contributed by atoms with E-state index in [9.17, 15) is 22.8 Å². The number of allylic oxidation sites excluding steroid dienone is 1. The van der Waals surface area contributed by atoms with Gasteiger partial charge in [0.1, 0.15) is 0 Å². The summed E-state index contributed by atoms with van der Waals surface area (Å²) in [5.41, 5.74) is 0.389. The van der Waals surface area contributed by atoms with Crippen molar-refractivity contribution in [1.29, 1.82) is 0 Å². The Balaban J connectivity index is 2.41. The zero-order valence-corrected chi connectivity index (χ0v) is 15.3. The summed E-state index contributed by atoms with van der Waals surface area (Å²) in [7, 11) is 2.33. The highest BCUT2D eigenvalue weighted by Crippen LogP contribution is 2.31. The number of alkyl halides is 3. The zero-order chi connectivity index (χ0) is 20.7. The molecule has 0 radical (unpaired) electrons. The van der Waals surface area contributed by atoms with Gasteiger partial charge in [-0.2, -0.15) is 13.2 Å². The van der Waals surface area contributed by atoms with Gasteiger partial charge in [0, 0.05) is 5.92 Å². The van der Waals surface area contributed by atoms with Gasteiger partial charge in [-0.3, -0.25) is 9.59 Å². The second-order valence-corrected chi connectivity index (χ2v) is 5.94. The Bertz CT molecular complexity index is 811. The molecule has 2 rings (SSSR count). The van der Waals surface area contributed by atoms with Crippen LogP contribution in [0.25, 0.3) is 6.08 Å². The highest BCUT2D eigenvalue weighted by atomic mass is 19.4. The fourth-order valence-corrected chi connectivity index (χ4v) is 2.73. The lowest BCUT2D eigenvalue weighted by Crippen LogP contribution is -2.31. The summed E-state index contributed by atoms with van der Waals surface area (Å²) < 4.78 is 47.6.